The highest BCUT2D eigenvalue weighted by Gasteiger charge is 2.27. The first kappa shape index (κ1) is 23.9. The van der Waals surface area contributed by atoms with Crippen LogP contribution in [0, 0.1) is 17.6 Å². The van der Waals surface area contributed by atoms with E-state index in [0.29, 0.717) is 25.7 Å². The van der Waals surface area contributed by atoms with Gasteiger partial charge in [-0.3, -0.25) is 9.59 Å². The number of carbonyl (C=O) groups excluding carboxylic acids is 1. The number of amides is 1. The molecule has 1 amide bonds. The third kappa shape index (κ3) is 5.80. The molecule has 2 aromatic heterocycles. The van der Waals surface area contributed by atoms with E-state index >= 15 is 0 Å². The zero-order chi connectivity index (χ0) is 24.9. The molecule has 0 radical (unpaired) electrons. The molecular formula is C22H21F2N5O6. The molecule has 1 saturated carbocycles. The summed E-state index contributed by atoms with van der Waals surface area (Å²) in [6, 6.07) is 4.39. The molecule has 11 nitrogen and oxygen atoms in total. The van der Waals surface area contributed by atoms with E-state index < -0.39 is 29.4 Å². The third-order valence-electron chi connectivity index (χ3n) is 5.41. The van der Waals surface area contributed by atoms with Gasteiger partial charge in [0, 0.05) is 17.8 Å². The van der Waals surface area contributed by atoms with E-state index in [1.54, 1.807) is 0 Å². The van der Waals surface area contributed by atoms with Crippen molar-refractivity contribution in [1.82, 2.24) is 15.2 Å². The monoisotopic (exact) mass is 489 g/mol. The fraction of sp³-hybridized carbons (Fsp3) is 0.318. The smallest absolute Gasteiger partial charge is 0.320 e. The molecule has 1 aliphatic rings. The van der Waals surface area contributed by atoms with E-state index in [2.05, 4.69) is 25.8 Å². The summed E-state index contributed by atoms with van der Waals surface area (Å²) in [4.78, 5) is 27.8. The first-order valence-electron chi connectivity index (χ1n) is 10.6. The summed E-state index contributed by atoms with van der Waals surface area (Å²) in [5.41, 5.74) is 0.366. The average molecular weight is 489 g/mol. The van der Waals surface area contributed by atoms with Gasteiger partial charge in [-0.15, -0.1) is 5.10 Å². The number of rotatable bonds is 8. The van der Waals surface area contributed by atoms with Crippen LogP contribution in [0.3, 0.4) is 0 Å². The van der Waals surface area contributed by atoms with Crippen LogP contribution >= 0.6 is 0 Å². The van der Waals surface area contributed by atoms with E-state index in [-0.39, 0.29) is 41.0 Å². The Morgan fingerprint density at radius 3 is 2.57 bits per heavy atom. The largest absolute Gasteiger partial charge is 0.494 e. The maximum absolute atomic E-state index is 13.3. The van der Waals surface area contributed by atoms with Gasteiger partial charge in [0.25, 0.3) is 0 Å². The summed E-state index contributed by atoms with van der Waals surface area (Å²) >= 11 is 0. The van der Waals surface area contributed by atoms with Crippen molar-refractivity contribution in [1.29, 1.82) is 0 Å². The molecule has 0 saturated heterocycles. The molecular weight excluding hydrogens is 468 g/mol. The van der Waals surface area contributed by atoms with Crippen molar-refractivity contribution < 1.29 is 37.4 Å². The molecule has 0 spiro atoms. The number of carbonyl (C=O) groups is 2. The number of anilines is 3. The van der Waals surface area contributed by atoms with Crippen LogP contribution in [0.5, 0.6) is 11.6 Å². The molecule has 35 heavy (non-hydrogen) atoms. The lowest BCUT2D eigenvalue weighted by Crippen LogP contribution is -2.28. The van der Waals surface area contributed by atoms with Gasteiger partial charge in [0.1, 0.15) is 17.5 Å². The van der Waals surface area contributed by atoms with Crippen LogP contribution < -0.4 is 20.1 Å². The summed E-state index contributed by atoms with van der Waals surface area (Å²) in [6.45, 7) is 0. The van der Waals surface area contributed by atoms with Gasteiger partial charge < -0.3 is 29.6 Å². The number of pyridine rings is 1. The summed E-state index contributed by atoms with van der Waals surface area (Å²) < 4.78 is 42.8. The lowest BCUT2D eigenvalue weighted by Gasteiger charge is -2.26. The Hall–Kier alpha value is -4.29. The minimum Gasteiger partial charge on any atom is -0.494 e. The van der Waals surface area contributed by atoms with Gasteiger partial charge in [0.15, 0.2) is 11.6 Å². The second-order valence-electron chi connectivity index (χ2n) is 7.77. The van der Waals surface area contributed by atoms with Gasteiger partial charge in [0.2, 0.25) is 5.88 Å². The van der Waals surface area contributed by atoms with Crippen molar-refractivity contribution in [2.45, 2.75) is 31.8 Å². The van der Waals surface area contributed by atoms with Crippen molar-refractivity contribution in [3.63, 3.8) is 0 Å². The lowest BCUT2D eigenvalue weighted by atomic mass is 9.87. The van der Waals surface area contributed by atoms with Crippen LogP contribution in [0.1, 0.15) is 36.4 Å². The number of nitrogens with one attached hydrogen (secondary N) is 2. The number of methoxy groups -OCH3 is 1. The summed E-state index contributed by atoms with van der Waals surface area (Å²) in [5.74, 6) is -3.83. The first-order valence-corrected chi connectivity index (χ1v) is 10.6. The van der Waals surface area contributed by atoms with Gasteiger partial charge in [-0.2, -0.15) is 0 Å². The fourth-order valence-corrected chi connectivity index (χ4v) is 3.58. The number of aliphatic carboxylic acids is 1. The van der Waals surface area contributed by atoms with Crippen LogP contribution in [0.2, 0.25) is 0 Å². The molecule has 0 unspecified atom stereocenters. The fourth-order valence-electron chi connectivity index (χ4n) is 3.58. The first-order chi connectivity index (χ1) is 16.8. The minimum absolute atomic E-state index is 0.150. The van der Waals surface area contributed by atoms with E-state index in [1.807, 2.05) is 0 Å². The highest BCUT2D eigenvalue weighted by atomic mass is 19.2. The SMILES string of the molecule is COc1cc(O[C@H]2CC[C@@H](C(=O)O)CC2)ncc1NC(=O)c1nnc(Nc2ccc(F)c(F)c2)o1. The molecule has 0 bridgehead atoms. The van der Waals surface area contributed by atoms with E-state index in [4.69, 9.17) is 19.0 Å². The Kier molecular flexibility index (Phi) is 7.03. The average Bonchev–Trinajstić information content (AvgIpc) is 3.31. The Balaban J connectivity index is 1.37. The zero-order valence-electron chi connectivity index (χ0n) is 18.5. The van der Waals surface area contributed by atoms with Gasteiger partial charge in [0.05, 0.1) is 19.2 Å². The molecule has 184 valence electrons. The van der Waals surface area contributed by atoms with Crippen molar-refractivity contribution in [3.05, 3.63) is 48.0 Å². The molecule has 1 aliphatic carbocycles. The molecule has 13 heteroatoms. The van der Waals surface area contributed by atoms with Gasteiger partial charge in [-0.05, 0) is 37.8 Å². The number of hydrogen-bond donors (Lipinski definition) is 3. The highest BCUT2D eigenvalue weighted by Crippen LogP contribution is 2.31. The predicted molar refractivity (Wildman–Crippen MR) is 117 cm³/mol. The summed E-state index contributed by atoms with van der Waals surface area (Å²) in [5, 5.41) is 21.5. The Morgan fingerprint density at radius 1 is 1.11 bits per heavy atom. The molecule has 0 aliphatic heterocycles. The zero-order valence-corrected chi connectivity index (χ0v) is 18.5. The highest BCUT2D eigenvalue weighted by molar-refractivity contribution is 6.01. The Morgan fingerprint density at radius 2 is 1.89 bits per heavy atom. The van der Waals surface area contributed by atoms with Gasteiger partial charge in [-0.1, -0.05) is 5.10 Å². The summed E-state index contributed by atoms with van der Waals surface area (Å²) in [6.07, 6.45) is 3.42. The van der Waals surface area contributed by atoms with Gasteiger partial charge in [-0.25, -0.2) is 13.8 Å². The minimum atomic E-state index is -1.06. The van der Waals surface area contributed by atoms with Crippen molar-refractivity contribution >= 4 is 29.3 Å². The van der Waals surface area contributed by atoms with Crippen LogP contribution in [-0.2, 0) is 4.79 Å². The van der Waals surface area contributed by atoms with Crippen molar-refractivity contribution in [2.75, 3.05) is 17.7 Å². The molecule has 3 aromatic rings. The maximum atomic E-state index is 13.3. The topological polar surface area (TPSA) is 149 Å². The molecule has 4 rings (SSSR count). The van der Waals surface area contributed by atoms with Crippen LogP contribution in [-0.4, -0.2) is 45.4 Å². The van der Waals surface area contributed by atoms with Crippen molar-refractivity contribution in [3.8, 4) is 11.6 Å². The van der Waals surface area contributed by atoms with E-state index in [1.165, 1.54) is 25.4 Å². The van der Waals surface area contributed by atoms with Gasteiger partial charge >= 0.3 is 23.8 Å². The molecule has 2 heterocycles. The number of carboxylic acids is 1. The molecule has 1 fully saturated rings. The Bertz CT molecular complexity index is 1230. The Labute approximate surface area is 197 Å². The number of carboxylic acid groups (broad SMARTS) is 1. The molecule has 1 aromatic carbocycles. The number of ether oxygens (including phenoxy) is 2. The van der Waals surface area contributed by atoms with Crippen LogP contribution in [0.15, 0.2) is 34.9 Å². The van der Waals surface area contributed by atoms with Crippen molar-refractivity contribution in [2.24, 2.45) is 5.92 Å². The van der Waals surface area contributed by atoms with E-state index in [0.717, 1.165) is 12.1 Å². The number of aromatic nitrogens is 3. The number of nitrogens with zero attached hydrogens (tertiary/aromatic N) is 3. The quantitative estimate of drug-likeness (QED) is 0.427. The number of hydrogen-bond acceptors (Lipinski definition) is 9. The van der Waals surface area contributed by atoms with E-state index in [9.17, 15) is 18.4 Å². The second kappa shape index (κ2) is 10.3. The number of benzene rings is 1. The maximum Gasteiger partial charge on any atom is 0.320 e. The molecule has 3 N–H and O–H groups in total. The normalized spacial score (nSPS) is 17.5. The van der Waals surface area contributed by atoms with Crippen LogP contribution in [0.4, 0.5) is 26.2 Å². The lowest BCUT2D eigenvalue weighted by molar-refractivity contribution is -0.143. The molecule has 0 atom stereocenters. The second-order valence-corrected chi connectivity index (χ2v) is 7.77. The standard InChI is InChI=1S/C22H21F2N5O6/c1-33-17-9-18(34-13-5-2-11(3-6-13)21(31)32)25-10-16(17)27-19(30)20-28-29-22(35-20)26-12-4-7-14(23)15(24)8-12/h4,7-11,13H,2-3,5-6H2,1H3,(H,26,29)(H,27,30)(H,31,32)/t11-,13+. The van der Waals surface area contributed by atoms with Crippen LogP contribution in [0.25, 0.3) is 0 Å². The third-order valence-corrected chi connectivity index (χ3v) is 5.41. The number of halogens is 2. The predicted octanol–water partition coefficient (Wildman–Crippen LogP) is 3.77. The summed E-state index contributed by atoms with van der Waals surface area (Å²) in [7, 11) is 1.41.